The molecule has 0 spiro atoms. The fraction of sp³-hybridized carbons (Fsp3) is 0.731. The van der Waals surface area contributed by atoms with Gasteiger partial charge in [-0.05, 0) is 74.3 Å². The smallest absolute Gasteiger partial charge is 0.303 e. The molecular formula is C26H38O6. The second kappa shape index (κ2) is 9.40. The number of esters is 3. The van der Waals surface area contributed by atoms with Crippen LogP contribution in [0.4, 0.5) is 0 Å². The Morgan fingerprint density at radius 1 is 0.938 bits per heavy atom. The number of hydrogen-bond acceptors (Lipinski definition) is 6. The molecule has 0 aromatic rings. The highest BCUT2D eigenvalue weighted by molar-refractivity contribution is 5.68. The lowest BCUT2D eigenvalue weighted by Gasteiger charge is -2.49. The summed E-state index contributed by atoms with van der Waals surface area (Å²) in [5, 5.41) is 0. The number of ether oxygens (including phenoxy) is 3. The predicted molar refractivity (Wildman–Crippen MR) is 120 cm³/mol. The molecule has 0 unspecified atom stereocenters. The topological polar surface area (TPSA) is 78.9 Å². The second-order valence-electron chi connectivity index (χ2n) is 10.3. The Bertz CT molecular complexity index is 826. The molecule has 3 rings (SSSR count). The van der Waals surface area contributed by atoms with Crippen molar-refractivity contribution < 1.29 is 28.6 Å². The Morgan fingerprint density at radius 3 is 2.16 bits per heavy atom. The molecule has 0 N–H and O–H groups in total. The van der Waals surface area contributed by atoms with Gasteiger partial charge in [0, 0.05) is 26.2 Å². The van der Waals surface area contributed by atoms with Crippen LogP contribution in [-0.4, -0.2) is 36.2 Å². The van der Waals surface area contributed by atoms with Crippen molar-refractivity contribution in [1.29, 1.82) is 0 Å². The lowest BCUT2D eigenvalue weighted by Crippen LogP contribution is -2.53. The zero-order valence-corrected chi connectivity index (χ0v) is 20.4. The van der Waals surface area contributed by atoms with Gasteiger partial charge >= 0.3 is 17.9 Å². The molecule has 0 aliphatic heterocycles. The van der Waals surface area contributed by atoms with Crippen LogP contribution in [0.25, 0.3) is 0 Å². The molecule has 2 bridgehead atoms. The molecule has 0 saturated heterocycles. The fourth-order valence-electron chi connectivity index (χ4n) is 6.48. The summed E-state index contributed by atoms with van der Waals surface area (Å²) in [5.41, 5.74) is 2.84. The van der Waals surface area contributed by atoms with E-state index < -0.39 is 17.6 Å². The summed E-state index contributed by atoms with van der Waals surface area (Å²) in [5.74, 6) is -0.424. The average molecular weight is 447 g/mol. The van der Waals surface area contributed by atoms with Crippen molar-refractivity contribution >= 4 is 17.9 Å². The van der Waals surface area contributed by atoms with Gasteiger partial charge in [-0.25, -0.2) is 0 Å². The number of hydrogen-bond donors (Lipinski definition) is 0. The number of rotatable bonds is 3. The van der Waals surface area contributed by atoms with Crippen molar-refractivity contribution in [2.45, 2.75) is 98.4 Å². The van der Waals surface area contributed by atoms with Gasteiger partial charge in [0.15, 0.2) is 6.10 Å². The zero-order valence-electron chi connectivity index (χ0n) is 20.4. The molecule has 6 heteroatoms. The van der Waals surface area contributed by atoms with Crippen LogP contribution in [0.5, 0.6) is 0 Å². The Balaban J connectivity index is 2.14. The highest BCUT2D eigenvalue weighted by Gasteiger charge is 2.60. The van der Waals surface area contributed by atoms with Crippen molar-refractivity contribution in [1.82, 2.24) is 0 Å². The van der Waals surface area contributed by atoms with Gasteiger partial charge in [-0.2, -0.15) is 0 Å². The average Bonchev–Trinajstić information content (AvgIpc) is 3.04. The maximum Gasteiger partial charge on any atom is 0.303 e. The van der Waals surface area contributed by atoms with E-state index in [4.69, 9.17) is 14.2 Å². The van der Waals surface area contributed by atoms with E-state index in [1.54, 1.807) is 0 Å². The van der Waals surface area contributed by atoms with Gasteiger partial charge < -0.3 is 14.2 Å². The quantitative estimate of drug-likeness (QED) is 0.348. The van der Waals surface area contributed by atoms with E-state index in [-0.39, 0.29) is 35.8 Å². The molecule has 6 nitrogen and oxygen atoms in total. The van der Waals surface area contributed by atoms with E-state index in [0.717, 1.165) is 49.7 Å². The van der Waals surface area contributed by atoms with Crippen LogP contribution >= 0.6 is 0 Å². The minimum absolute atomic E-state index is 0.0904. The third-order valence-corrected chi connectivity index (χ3v) is 7.96. The molecule has 0 radical (unpaired) electrons. The van der Waals surface area contributed by atoms with Crippen molar-refractivity contribution in [2.75, 3.05) is 0 Å². The molecule has 3 aliphatic carbocycles. The molecule has 32 heavy (non-hydrogen) atoms. The van der Waals surface area contributed by atoms with Crippen molar-refractivity contribution in [3.63, 3.8) is 0 Å². The maximum atomic E-state index is 12.1. The Hall–Kier alpha value is -2.11. The molecular weight excluding hydrogens is 408 g/mol. The predicted octanol–water partition coefficient (Wildman–Crippen LogP) is 4.91. The van der Waals surface area contributed by atoms with E-state index in [9.17, 15) is 14.4 Å². The number of carbonyl (C=O) groups excluding carboxylic acids is 3. The van der Waals surface area contributed by atoms with Gasteiger partial charge in [0.05, 0.1) is 0 Å². The number of allylic oxidation sites excluding steroid dienone is 1. The van der Waals surface area contributed by atoms with E-state index in [0.29, 0.717) is 5.92 Å². The highest BCUT2D eigenvalue weighted by Crippen LogP contribution is 2.60. The van der Waals surface area contributed by atoms with E-state index >= 15 is 0 Å². The summed E-state index contributed by atoms with van der Waals surface area (Å²) in [6.07, 6.45) is 3.63. The van der Waals surface area contributed by atoms with E-state index in [1.165, 1.54) is 26.3 Å². The van der Waals surface area contributed by atoms with Gasteiger partial charge in [0.2, 0.25) is 0 Å². The van der Waals surface area contributed by atoms with Crippen LogP contribution in [-0.2, 0) is 28.6 Å². The lowest BCUT2D eigenvalue weighted by molar-refractivity contribution is -0.177. The molecule has 3 aliphatic rings. The minimum atomic E-state index is -0.568. The van der Waals surface area contributed by atoms with Crippen LogP contribution < -0.4 is 0 Å². The van der Waals surface area contributed by atoms with Crippen LogP contribution in [0.2, 0.25) is 0 Å². The number of carbonyl (C=O) groups is 3. The van der Waals surface area contributed by atoms with Gasteiger partial charge in [-0.1, -0.05) is 26.0 Å². The summed E-state index contributed by atoms with van der Waals surface area (Å²) >= 11 is 0. The first-order valence-electron chi connectivity index (χ1n) is 11.9. The molecule has 0 heterocycles. The van der Waals surface area contributed by atoms with Gasteiger partial charge in [-0.15, -0.1) is 0 Å². The van der Waals surface area contributed by atoms with Gasteiger partial charge in [-0.3, -0.25) is 14.4 Å². The minimum Gasteiger partial charge on any atom is -0.458 e. The standard InChI is InChI=1S/C26H38O6/c1-14-8-10-21-16(3)23-20(15(2)22(11-9-14)30-17(4)27)12-13-26(23,7)25(32-19(6)29)24(21)31-18(5)28/h14,20,22-25H,2,8-13H2,1,3-7H3/t14-,20-,22-,23-,24-,25+,26+/m1/s1. The SMILES string of the molecule is C=C1[C@H]2CC[C@@]3(C)[C@@H]2C(C)=C(CC[C@@H](C)CC[C@H]1OC(C)=O)[C@@H](OC(C)=O)[C@@H]3OC(C)=O. The molecule has 0 amide bonds. The Kier molecular flexibility index (Phi) is 7.21. The first kappa shape index (κ1) is 24.5. The zero-order chi connectivity index (χ0) is 23.8. The molecule has 1 saturated carbocycles. The van der Waals surface area contributed by atoms with Gasteiger partial charge in [0.1, 0.15) is 12.2 Å². The molecule has 0 aromatic heterocycles. The molecule has 178 valence electrons. The third kappa shape index (κ3) is 4.65. The van der Waals surface area contributed by atoms with Crippen molar-refractivity contribution in [3.05, 3.63) is 23.3 Å². The summed E-state index contributed by atoms with van der Waals surface area (Å²) < 4.78 is 17.5. The van der Waals surface area contributed by atoms with Gasteiger partial charge in [0.25, 0.3) is 0 Å². The first-order chi connectivity index (χ1) is 15.0. The third-order valence-electron chi connectivity index (χ3n) is 7.96. The highest BCUT2D eigenvalue weighted by atomic mass is 16.6. The van der Waals surface area contributed by atoms with E-state index in [1.807, 2.05) is 0 Å². The molecule has 1 fully saturated rings. The Labute approximate surface area is 191 Å². The second-order valence-corrected chi connectivity index (χ2v) is 10.3. The van der Waals surface area contributed by atoms with Crippen LogP contribution in [0.15, 0.2) is 23.3 Å². The van der Waals surface area contributed by atoms with E-state index in [2.05, 4.69) is 27.4 Å². The fourth-order valence-corrected chi connectivity index (χ4v) is 6.48. The monoisotopic (exact) mass is 446 g/mol. The van der Waals surface area contributed by atoms with Crippen LogP contribution in [0, 0.1) is 23.2 Å². The summed E-state index contributed by atoms with van der Waals surface area (Å²) in [7, 11) is 0. The van der Waals surface area contributed by atoms with Crippen molar-refractivity contribution in [2.24, 2.45) is 23.2 Å². The first-order valence-corrected chi connectivity index (χ1v) is 11.9. The summed E-state index contributed by atoms with van der Waals surface area (Å²) in [6, 6.07) is 0. The molecule has 7 atom stereocenters. The summed E-state index contributed by atoms with van der Waals surface area (Å²) in [6.45, 7) is 15.2. The maximum absolute atomic E-state index is 12.1. The van der Waals surface area contributed by atoms with Crippen molar-refractivity contribution in [3.8, 4) is 0 Å². The molecule has 0 aromatic carbocycles. The summed E-state index contributed by atoms with van der Waals surface area (Å²) in [4.78, 5) is 36.0. The largest absolute Gasteiger partial charge is 0.458 e. The Morgan fingerprint density at radius 2 is 1.56 bits per heavy atom. The normalized spacial score (nSPS) is 37.4. The van der Waals surface area contributed by atoms with Crippen LogP contribution in [0.1, 0.15) is 80.1 Å². The van der Waals surface area contributed by atoms with Crippen LogP contribution in [0.3, 0.4) is 0 Å². The lowest BCUT2D eigenvalue weighted by atomic mass is 9.61.